The lowest BCUT2D eigenvalue weighted by atomic mass is 9.82. The average molecular weight is 208 g/mol. The van der Waals surface area contributed by atoms with Crippen LogP contribution in [0.25, 0.3) is 0 Å². The maximum atomic E-state index is 11.1. The number of carbonyl (C=O) groups excluding carboxylic acids is 1. The summed E-state index contributed by atoms with van der Waals surface area (Å²) in [6, 6.07) is 0. The number of allylic oxidation sites excluding steroid dienone is 3. The summed E-state index contributed by atoms with van der Waals surface area (Å²) < 4.78 is 0. The monoisotopic (exact) mass is 208 g/mol. The smallest absolute Gasteiger partial charge is 0.126 e. The maximum absolute atomic E-state index is 11.1. The van der Waals surface area contributed by atoms with E-state index in [2.05, 4.69) is 26.5 Å². The first-order chi connectivity index (χ1) is 7.04. The second-order valence-corrected chi connectivity index (χ2v) is 4.79. The zero-order valence-electron chi connectivity index (χ0n) is 10.4. The van der Waals surface area contributed by atoms with Crippen molar-refractivity contribution in [2.75, 3.05) is 0 Å². The molecule has 0 fully saturated rings. The van der Waals surface area contributed by atoms with E-state index in [4.69, 9.17) is 0 Å². The highest BCUT2D eigenvalue weighted by atomic mass is 16.1. The van der Waals surface area contributed by atoms with Gasteiger partial charge in [0.1, 0.15) is 6.29 Å². The molecule has 0 rings (SSSR count). The van der Waals surface area contributed by atoms with Gasteiger partial charge in [-0.05, 0) is 39.5 Å². The molecule has 0 N–H and O–H groups in total. The Morgan fingerprint density at radius 1 is 1.33 bits per heavy atom. The summed E-state index contributed by atoms with van der Waals surface area (Å²) in [6.45, 7) is 9.89. The molecule has 0 aromatic rings. The van der Waals surface area contributed by atoms with Crippen LogP contribution in [0.3, 0.4) is 0 Å². The van der Waals surface area contributed by atoms with Crippen LogP contribution in [0.4, 0.5) is 0 Å². The van der Waals surface area contributed by atoms with Crippen molar-refractivity contribution < 1.29 is 4.79 Å². The first-order valence-electron chi connectivity index (χ1n) is 5.74. The van der Waals surface area contributed by atoms with Crippen LogP contribution in [0.15, 0.2) is 24.3 Å². The topological polar surface area (TPSA) is 17.1 Å². The molecule has 1 atom stereocenters. The normalized spacial score (nSPS) is 14.1. The van der Waals surface area contributed by atoms with Gasteiger partial charge in [0.25, 0.3) is 0 Å². The minimum Gasteiger partial charge on any atom is -0.303 e. The third-order valence-corrected chi connectivity index (χ3v) is 2.67. The summed E-state index contributed by atoms with van der Waals surface area (Å²) in [5, 5.41) is 0. The molecule has 0 aromatic carbocycles. The summed E-state index contributed by atoms with van der Waals surface area (Å²) in [6.07, 6.45) is 10.4. The fraction of sp³-hybridized carbons (Fsp3) is 0.643. The minimum absolute atomic E-state index is 0.168. The molecule has 1 nitrogen and oxygen atoms in total. The van der Waals surface area contributed by atoms with E-state index in [-0.39, 0.29) is 5.41 Å². The number of aldehydes is 1. The molecule has 0 bridgehead atoms. The standard InChI is InChI=1S/C14H24O/c1-5-6-7-8-10-14(4,12-15)11-9-13(2)3/h5,9,12H,1,6-8,10-11H2,2-4H3. The predicted molar refractivity (Wildman–Crippen MR) is 66.9 cm³/mol. The molecule has 0 spiro atoms. The maximum Gasteiger partial charge on any atom is 0.126 e. The van der Waals surface area contributed by atoms with Gasteiger partial charge in [-0.25, -0.2) is 0 Å². The molecule has 0 radical (unpaired) electrons. The highest BCUT2D eigenvalue weighted by molar-refractivity contribution is 5.59. The first kappa shape index (κ1) is 14.2. The molecule has 0 saturated carbocycles. The Bertz CT molecular complexity index is 223. The lowest BCUT2D eigenvalue weighted by molar-refractivity contribution is -0.115. The van der Waals surface area contributed by atoms with Crippen LogP contribution >= 0.6 is 0 Å². The number of carbonyl (C=O) groups is 1. The van der Waals surface area contributed by atoms with Crippen molar-refractivity contribution in [2.45, 2.75) is 52.9 Å². The lowest BCUT2D eigenvalue weighted by Crippen LogP contribution is -2.17. The fourth-order valence-electron chi connectivity index (χ4n) is 1.46. The van der Waals surface area contributed by atoms with Crippen molar-refractivity contribution in [2.24, 2.45) is 5.41 Å². The van der Waals surface area contributed by atoms with E-state index in [1.54, 1.807) is 0 Å². The van der Waals surface area contributed by atoms with Crippen molar-refractivity contribution in [3.05, 3.63) is 24.3 Å². The van der Waals surface area contributed by atoms with E-state index in [0.717, 1.165) is 38.4 Å². The van der Waals surface area contributed by atoms with Crippen LogP contribution in [-0.2, 0) is 4.79 Å². The van der Waals surface area contributed by atoms with Gasteiger partial charge in [-0.15, -0.1) is 6.58 Å². The van der Waals surface area contributed by atoms with Gasteiger partial charge in [0.05, 0.1) is 0 Å². The van der Waals surface area contributed by atoms with Crippen LogP contribution in [0.5, 0.6) is 0 Å². The Balaban J connectivity index is 4.01. The molecule has 0 amide bonds. The third kappa shape index (κ3) is 7.12. The van der Waals surface area contributed by atoms with Gasteiger partial charge in [-0.3, -0.25) is 0 Å². The Morgan fingerprint density at radius 2 is 2.00 bits per heavy atom. The van der Waals surface area contributed by atoms with Crippen molar-refractivity contribution >= 4 is 6.29 Å². The molecule has 86 valence electrons. The summed E-state index contributed by atoms with van der Waals surface area (Å²) in [7, 11) is 0. The molecular formula is C14H24O. The van der Waals surface area contributed by atoms with E-state index in [1.807, 2.05) is 13.0 Å². The van der Waals surface area contributed by atoms with E-state index in [0.29, 0.717) is 0 Å². The van der Waals surface area contributed by atoms with E-state index in [9.17, 15) is 4.79 Å². The number of rotatable bonds is 8. The van der Waals surface area contributed by atoms with Crippen LogP contribution in [0.1, 0.15) is 52.9 Å². The van der Waals surface area contributed by atoms with Gasteiger partial charge in [-0.2, -0.15) is 0 Å². The van der Waals surface area contributed by atoms with Crippen molar-refractivity contribution in [1.82, 2.24) is 0 Å². The summed E-state index contributed by atoms with van der Waals surface area (Å²) >= 11 is 0. The van der Waals surface area contributed by atoms with E-state index in [1.165, 1.54) is 5.57 Å². The zero-order valence-corrected chi connectivity index (χ0v) is 10.4. The van der Waals surface area contributed by atoms with Gasteiger partial charge in [0.2, 0.25) is 0 Å². The van der Waals surface area contributed by atoms with Gasteiger partial charge >= 0.3 is 0 Å². The molecule has 15 heavy (non-hydrogen) atoms. The SMILES string of the molecule is C=CCCCCC(C)(C=O)CC=C(C)C. The number of hydrogen-bond donors (Lipinski definition) is 0. The van der Waals surface area contributed by atoms with Crippen molar-refractivity contribution in [3.8, 4) is 0 Å². The molecule has 0 aliphatic carbocycles. The lowest BCUT2D eigenvalue weighted by Gasteiger charge is -2.21. The fourth-order valence-corrected chi connectivity index (χ4v) is 1.46. The zero-order chi connectivity index (χ0) is 11.7. The second-order valence-electron chi connectivity index (χ2n) is 4.79. The predicted octanol–water partition coefficient (Wildman–Crippen LogP) is 4.29. The Labute approximate surface area is 94.3 Å². The molecular weight excluding hydrogens is 184 g/mol. The summed E-state index contributed by atoms with van der Waals surface area (Å²) in [4.78, 5) is 11.1. The Kier molecular flexibility index (Phi) is 7.02. The van der Waals surface area contributed by atoms with Crippen LogP contribution < -0.4 is 0 Å². The van der Waals surface area contributed by atoms with Gasteiger partial charge in [0, 0.05) is 5.41 Å². The minimum atomic E-state index is -0.168. The first-order valence-corrected chi connectivity index (χ1v) is 5.74. The molecule has 1 heteroatoms. The van der Waals surface area contributed by atoms with E-state index >= 15 is 0 Å². The van der Waals surface area contributed by atoms with Crippen molar-refractivity contribution in [3.63, 3.8) is 0 Å². The largest absolute Gasteiger partial charge is 0.303 e. The summed E-state index contributed by atoms with van der Waals surface area (Å²) in [5.74, 6) is 0. The Hall–Kier alpha value is -0.850. The highest BCUT2D eigenvalue weighted by Gasteiger charge is 2.21. The third-order valence-electron chi connectivity index (χ3n) is 2.67. The number of hydrogen-bond acceptors (Lipinski definition) is 1. The highest BCUT2D eigenvalue weighted by Crippen LogP contribution is 2.27. The van der Waals surface area contributed by atoms with Gasteiger partial charge in [0.15, 0.2) is 0 Å². The number of unbranched alkanes of at least 4 members (excludes halogenated alkanes) is 2. The Morgan fingerprint density at radius 3 is 2.47 bits per heavy atom. The molecule has 0 saturated heterocycles. The van der Waals surface area contributed by atoms with Crippen LogP contribution in [0, 0.1) is 5.41 Å². The van der Waals surface area contributed by atoms with Gasteiger partial charge in [-0.1, -0.05) is 31.1 Å². The quantitative estimate of drug-likeness (QED) is 0.330. The molecule has 0 aromatic heterocycles. The second kappa shape index (κ2) is 7.44. The van der Waals surface area contributed by atoms with E-state index < -0.39 is 0 Å². The average Bonchev–Trinajstić information content (AvgIpc) is 2.22. The van der Waals surface area contributed by atoms with Gasteiger partial charge < -0.3 is 4.79 Å². The molecule has 0 heterocycles. The molecule has 0 aliphatic heterocycles. The molecule has 1 unspecified atom stereocenters. The summed E-state index contributed by atoms with van der Waals surface area (Å²) in [5.41, 5.74) is 1.12. The van der Waals surface area contributed by atoms with Crippen molar-refractivity contribution in [1.29, 1.82) is 0 Å². The van der Waals surface area contributed by atoms with Crippen LogP contribution in [0.2, 0.25) is 0 Å². The molecule has 0 aliphatic rings. The van der Waals surface area contributed by atoms with Crippen LogP contribution in [-0.4, -0.2) is 6.29 Å².